The summed E-state index contributed by atoms with van der Waals surface area (Å²) >= 11 is 1.42. The lowest BCUT2D eigenvalue weighted by atomic mass is 10.1. The standard InChI is InChI=1S/C24H22N2O4S/c1-15-6-11-19(30-3)18(13-15)25-22-21(20-5-4-12-31-20)23(27)26(24(22)28)14-16-7-9-17(29-2)10-8-16/h4-13,25H,14H2,1-3H3. The van der Waals surface area contributed by atoms with Crippen LogP contribution in [0.25, 0.3) is 5.57 Å². The Bertz CT molecular complexity index is 1150. The molecule has 0 unspecified atom stereocenters. The van der Waals surface area contributed by atoms with Gasteiger partial charge in [-0.1, -0.05) is 24.3 Å². The highest BCUT2D eigenvalue weighted by Gasteiger charge is 2.39. The van der Waals surface area contributed by atoms with Crippen LogP contribution >= 0.6 is 11.3 Å². The Balaban J connectivity index is 1.71. The lowest BCUT2D eigenvalue weighted by Gasteiger charge is -2.16. The van der Waals surface area contributed by atoms with Crippen LogP contribution in [0.15, 0.2) is 65.7 Å². The van der Waals surface area contributed by atoms with Crippen molar-refractivity contribution in [2.24, 2.45) is 0 Å². The van der Waals surface area contributed by atoms with E-state index in [0.29, 0.717) is 22.8 Å². The van der Waals surface area contributed by atoms with Gasteiger partial charge in [-0.25, -0.2) is 0 Å². The number of rotatable bonds is 7. The molecule has 3 aromatic rings. The van der Waals surface area contributed by atoms with Crippen LogP contribution in [0.2, 0.25) is 0 Å². The molecule has 0 atom stereocenters. The number of hydrogen-bond donors (Lipinski definition) is 1. The summed E-state index contributed by atoms with van der Waals surface area (Å²) < 4.78 is 10.6. The number of ether oxygens (including phenoxy) is 2. The van der Waals surface area contributed by atoms with Crippen molar-refractivity contribution in [1.82, 2.24) is 4.90 Å². The Labute approximate surface area is 184 Å². The molecule has 4 rings (SSSR count). The minimum Gasteiger partial charge on any atom is -0.497 e. The number of aryl methyl sites for hydroxylation is 1. The summed E-state index contributed by atoms with van der Waals surface area (Å²) in [5.74, 6) is 0.622. The van der Waals surface area contributed by atoms with E-state index in [1.165, 1.54) is 16.2 Å². The number of methoxy groups -OCH3 is 2. The van der Waals surface area contributed by atoms with E-state index in [1.807, 2.05) is 66.9 Å². The van der Waals surface area contributed by atoms with Crippen molar-refractivity contribution < 1.29 is 19.1 Å². The van der Waals surface area contributed by atoms with Crippen molar-refractivity contribution in [1.29, 1.82) is 0 Å². The smallest absolute Gasteiger partial charge is 0.278 e. The molecule has 7 heteroatoms. The van der Waals surface area contributed by atoms with Crippen LogP contribution < -0.4 is 14.8 Å². The van der Waals surface area contributed by atoms with Crippen LogP contribution in [0.4, 0.5) is 5.69 Å². The second-order valence-corrected chi connectivity index (χ2v) is 8.05. The van der Waals surface area contributed by atoms with Crippen LogP contribution in [0.1, 0.15) is 16.0 Å². The molecule has 1 N–H and O–H groups in total. The molecule has 0 saturated carbocycles. The maximum atomic E-state index is 13.4. The summed E-state index contributed by atoms with van der Waals surface area (Å²) in [7, 11) is 3.17. The van der Waals surface area contributed by atoms with Crippen molar-refractivity contribution in [3.63, 3.8) is 0 Å². The molecule has 0 aliphatic carbocycles. The second-order valence-electron chi connectivity index (χ2n) is 7.10. The summed E-state index contributed by atoms with van der Waals surface area (Å²) in [6, 6.07) is 16.7. The van der Waals surface area contributed by atoms with Gasteiger partial charge in [-0.3, -0.25) is 14.5 Å². The van der Waals surface area contributed by atoms with Crippen LogP contribution in [-0.4, -0.2) is 30.9 Å². The lowest BCUT2D eigenvalue weighted by Crippen LogP contribution is -2.32. The molecule has 2 heterocycles. The van der Waals surface area contributed by atoms with Gasteiger partial charge in [0.1, 0.15) is 17.2 Å². The molecular weight excluding hydrogens is 412 g/mol. The fraction of sp³-hybridized carbons (Fsp3) is 0.167. The van der Waals surface area contributed by atoms with E-state index in [-0.39, 0.29) is 24.1 Å². The number of imide groups is 1. The Morgan fingerprint density at radius 1 is 0.968 bits per heavy atom. The Hall–Kier alpha value is -3.58. The van der Waals surface area contributed by atoms with Crippen molar-refractivity contribution in [2.75, 3.05) is 19.5 Å². The molecule has 1 aliphatic heterocycles. The van der Waals surface area contributed by atoms with Crippen molar-refractivity contribution in [3.05, 3.63) is 81.7 Å². The van der Waals surface area contributed by atoms with Gasteiger partial charge in [0.2, 0.25) is 0 Å². The van der Waals surface area contributed by atoms with Gasteiger partial charge >= 0.3 is 0 Å². The van der Waals surface area contributed by atoms with E-state index in [4.69, 9.17) is 9.47 Å². The molecule has 158 valence electrons. The SMILES string of the molecule is COc1ccc(CN2C(=O)C(Nc3cc(C)ccc3OC)=C(c3cccs3)C2=O)cc1. The summed E-state index contributed by atoms with van der Waals surface area (Å²) in [6.07, 6.45) is 0. The van der Waals surface area contributed by atoms with E-state index in [9.17, 15) is 9.59 Å². The van der Waals surface area contributed by atoms with E-state index >= 15 is 0 Å². The zero-order chi connectivity index (χ0) is 22.0. The highest BCUT2D eigenvalue weighted by atomic mass is 32.1. The number of carbonyl (C=O) groups is 2. The number of amides is 2. The zero-order valence-electron chi connectivity index (χ0n) is 17.5. The highest BCUT2D eigenvalue weighted by molar-refractivity contribution is 7.11. The third kappa shape index (κ3) is 4.04. The minimum atomic E-state index is -0.368. The summed E-state index contributed by atoms with van der Waals surface area (Å²) in [4.78, 5) is 28.7. The number of nitrogens with zero attached hydrogens (tertiary/aromatic N) is 1. The van der Waals surface area contributed by atoms with Crippen LogP contribution in [-0.2, 0) is 16.1 Å². The van der Waals surface area contributed by atoms with E-state index in [1.54, 1.807) is 14.2 Å². The summed E-state index contributed by atoms with van der Waals surface area (Å²) in [5.41, 5.74) is 3.11. The normalized spacial score (nSPS) is 13.7. The van der Waals surface area contributed by atoms with E-state index < -0.39 is 0 Å². The quantitative estimate of drug-likeness (QED) is 0.556. The molecular formula is C24H22N2O4S. The van der Waals surface area contributed by atoms with Gasteiger partial charge in [0, 0.05) is 4.88 Å². The first-order valence-electron chi connectivity index (χ1n) is 9.70. The molecule has 1 aliphatic rings. The minimum absolute atomic E-state index is 0.173. The summed E-state index contributed by atoms with van der Waals surface area (Å²) in [6.45, 7) is 2.13. The molecule has 1 aromatic heterocycles. The number of benzene rings is 2. The van der Waals surface area contributed by atoms with Crippen LogP contribution in [0.3, 0.4) is 0 Å². The summed E-state index contributed by atoms with van der Waals surface area (Å²) in [5, 5.41) is 5.07. The second kappa shape index (κ2) is 8.65. The fourth-order valence-electron chi connectivity index (χ4n) is 3.45. The van der Waals surface area contributed by atoms with Crippen LogP contribution in [0, 0.1) is 6.92 Å². The molecule has 2 aromatic carbocycles. The Morgan fingerprint density at radius 3 is 2.39 bits per heavy atom. The van der Waals surface area contributed by atoms with Gasteiger partial charge in [0.15, 0.2) is 0 Å². The van der Waals surface area contributed by atoms with Gasteiger partial charge in [0.25, 0.3) is 11.8 Å². The topological polar surface area (TPSA) is 67.9 Å². The average molecular weight is 435 g/mol. The van der Waals surface area contributed by atoms with Gasteiger partial charge in [-0.2, -0.15) is 0 Å². The third-order valence-corrected chi connectivity index (χ3v) is 5.94. The maximum Gasteiger partial charge on any atom is 0.278 e. The largest absolute Gasteiger partial charge is 0.497 e. The maximum absolute atomic E-state index is 13.4. The third-order valence-electron chi connectivity index (χ3n) is 5.05. The van der Waals surface area contributed by atoms with Crippen molar-refractivity contribution >= 4 is 34.4 Å². The fourth-order valence-corrected chi connectivity index (χ4v) is 4.22. The molecule has 0 saturated heterocycles. The molecule has 0 bridgehead atoms. The number of carbonyl (C=O) groups excluding carboxylic acids is 2. The Morgan fingerprint density at radius 2 is 1.74 bits per heavy atom. The van der Waals surface area contributed by atoms with Gasteiger partial charge in [0.05, 0.1) is 32.0 Å². The lowest BCUT2D eigenvalue weighted by molar-refractivity contribution is -0.137. The van der Waals surface area contributed by atoms with Crippen molar-refractivity contribution in [3.8, 4) is 11.5 Å². The van der Waals surface area contributed by atoms with Gasteiger partial charge in [-0.05, 0) is 53.8 Å². The molecule has 0 spiro atoms. The van der Waals surface area contributed by atoms with Crippen molar-refractivity contribution in [2.45, 2.75) is 13.5 Å². The monoisotopic (exact) mass is 434 g/mol. The molecule has 6 nitrogen and oxygen atoms in total. The predicted octanol–water partition coefficient (Wildman–Crippen LogP) is 4.47. The first kappa shape index (κ1) is 20.7. The molecule has 2 amide bonds. The molecule has 0 fully saturated rings. The Kier molecular flexibility index (Phi) is 5.77. The average Bonchev–Trinajstić information content (AvgIpc) is 3.38. The van der Waals surface area contributed by atoms with E-state index in [0.717, 1.165) is 16.0 Å². The predicted molar refractivity (Wildman–Crippen MR) is 121 cm³/mol. The van der Waals surface area contributed by atoms with Gasteiger partial charge in [-0.15, -0.1) is 11.3 Å². The first-order valence-corrected chi connectivity index (χ1v) is 10.6. The number of hydrogen-bond acceptors (Lipinski definition) is 6. The molecule has 0 radical (unpaired) electrons. The van der Waals surface area contributed by atoms with E-state index in [2.05, 4.69) is 5.32 Å². The van der Waals surface area contributed by atoms with Crippen LogP contribution in [0.5, 0.6) is 11.5 Å². The van der Waals surface area contributed by atoms with Gasteiger partial charge < -0.3 is 14.8 Å². The number of nitrogens with one attached hydrogen (secondary N) is 1. The number of anilines is 1. The number of thiophene rings is 1. The highest BCUT2D eigenvalue weighted by Crippen LogP contribution is 2.36. The first-order chi connectivity index (χ1) is 15.0. The molecule has 31 heavy (non-hydrogen) atoms. The zero-order valence-corrected chi connectivity index (χ0v) is 18.3.